The number of aryl methyl sites for hydroxylation is 1. The average molecular weight is 479 g/mol. The van der Waals surface area contributed by atoms with E-state index in [0.717, 1.165) is 77.8 Å². The van der Waals surface area contributed by atoms with E-state index in [1.807, 2.05) is 54.8 Å². The fraction of sp³-hybridized carbons (Fsp3) is 0.357. The van der Waals surface area contributed by atoms with Gasteiger partial charge in [0.2, 0.25) is 0 Å². The number of nitrogens with zero attached hydrogens (tertiary/aromatic N) is 3. The van der Waals surface area contributed by atoms with Gasteiger partial charge in [-0.1, -0.05) is 68.4 Å². The number of ether oxygens (including phenoxy) is 1. The molecule has 0 bridgehead atoms. The lowest BCUT2D eigenvalue weighted by Crippen LogP contribution is -2.35. The van der Waals surface area contributed by atoms with E-state index < -0.39 is 0 Å². The van der Waals surface area contributed by atoms with Crippen molar-refractivity contribution >= 4 is 23.7 Å². The lowest BCUT2D eigenvalue weighted by molar-refractivity contribution is 0.270. The summed E-state index contributed by atoms with van der Waals surface area (Å²) in [7, 11) is 0. The number of allylic oxidation sites excluding steroid dienone is 1. The molecule has 2 aromatic rings. The van der Waals surface area contributed by atoms with Gasteiger partial charge in [0.15, 0.2) is 0 Å². The van der Waals surface area contributed by atoms with Crippen LogP contribution in [-0.2, 0) is 6.42 Å². The van der Waals surface area contributed by atoms with E-state index in [9.17, 15) is 0 Å². The lowest BCUT2D eigenvalue weighted by atomic mass is 10.0. The van der Waals surface area contributed by atoms with Gasteiger partial charge in [-0.05, 0) is 37.3 Å². The van der Waals surface area contributed by atoms with Crippen LogP contribution in [0.2, 0.25) is 5.02 Å². The van der Waals surface area contributed by atoms with E-state index >= 15 is 0 Å². The smallest absolute Gasteiger partial charge is 0.130 e. The highest BCUT2D eigenvalue weighted by molar-refractivity contribution is 6.33. The first-order chi connectivity index (χ1) is 16.6. The van der Waals surface area contributed by atoms with Gasteiger partial charge in [0.05, 0.1) is 11.6 Å². The first-order valence-corrected chi connectivity index (χ1v) is 12.4. The van der Waals surface area contributed by atoms with Crippen molar-refractivity contribution < 1.29 is 4.74 Å². The molecule has 0 saturated heterocycles. The van der Waals surface area contributed by atoms with Crippen molar-refractivity contribution in [3.05, 3.63) is 88.7 Å². The van der Waals surface area contributed by atoms with Gasteiger partial charge in [0.1, 0.15) is 11.6 Å². The first-order valence-electron chi connectivity index (χ1n) is 12.0. The molecule has 6 heteroatoms. The van der Waals surface area contributed by atoms with Crippen LogP contribution in [0.15, 0.2) is 77.0 Å². The predicted molar refractivity (Wildman–Crippen MR) is 144 cm³/mol. The van der Waals surface area contributed by atoms with Gasteiger partial charge >= 0.3 is 0 Å². The predicted octanol–water partition coefficient (Wildman–Crippen LogP) is 6.33. The summed E-state index contributed by atoms with van der Waals surface area (Å²) in [6, 6.07) is 14.0. The fourth-order valence-corrected chi connectivity index (χ4v) is 4.26. The van der Waals surface area contributed by atoms with Gasteiger partial charge in [0.25, 0.3) is 0 Å². The molecule has 0 saturated carbocycles. The van der Waals surface area contributed by atoms with E-state index in [-0.39, 0.29) is 6.04 Å². The molecule has 5 nitrogen and oxygen atoms in total. The van der Waals surface area contributed by atoms with Crippen LogP contribution in [-0.4, -0.2) is 36.6 Å². The van der Waals surface area contributed by atoms with Gasteiger partial charge in [-0.15, -0.1) is 0 Å². The third-order valence-electron chi connectivity index (χ3n) is 5.92. The fourth-order valence-electron chi connectivity index (χ4n) is 3.96. The molecule has 0 fully saturated rings. The molecule has 3 rings (SSSR count). The normalized spacial score (nSPS) is 17.9. The number of nitrogens with two attached hydrogens (primary N) is 1. The molecule has 0 spiro atoms. The molecule has 2 N–H and O–H groups in total. The van der Waals surface area contributed by atoms with Crippen LogP contribution in [0.25, 0.3) is 0 Å². The first kappa shape index (κ1) is 25.7. The van der Waals surface area contributed by atoms with E-state index in [1.165, 1.54) is 0 Å². The van der Waals surface area contributed by atoms with Crippen LogP contribution in [0.4, 0.5) is 0 Å². The Balaban J connectivity index is 1.82. The summed E-state index contributed by atoms with van der Waals surface area (Å²) in [4.78, 5) is 11.6. The molecule has 1 heterocycles. The zero-order chi connectivity index (χ0) is 24.3. The van der Waals surface area contributed by atoms with Crippen LogP contribution in [0.1, 0.15) is 55.8 Å². The minimum atomic E-state index is -0.109. The number of para-hydroxylation sites is 1. The molecule has 0 aliphatic carbocycles. The highest BCUT2D eigenvalue weighted by atomic mass is 35.5. The second-order valence-electron chi connectivity index (χ2n) is 8.21. The van der Waals surface area contributed by atoms with Gasteiger partial charge in [-0.25, -0.2) is 4.99 Å². The Hall–Kier alpha value is -2.89. The maximum absolute atomic E-state index is 6.55. The van der Waals surface area contributed by atoms with Gasteiger partial charge in [-0.3, -0.25) is 4.99 Å². The molecule has 180 valence electrons. The molecule has 0 radical (unpaired) electrons. The van der Waals surface area contributed by atoms with Crippen molar-refractivity contribution in [2.24, 2.45) is 15.7 Å². The van der Waals surface area contributed by atoms with Gasteiger partial charge in [-0.2, -0.15) is 0 Å². The second kappa shape index (κ2) is 13.1. The Labute approximate surface area is 208 Å². The van der Waals surface area contributed by atoms with Crippen molar-refractivity contribution in [3.8, 4) is 5.75 Å². The Morgan fingerprint density at radius 2 is 2.03 bits per heavy atom. The summed E-state index contributed by atoms with van der Waals surface area (Å²) >= 11 is 6.55. The zero-order valence-electron chi connectivity index (χ0n) is 20.2. The molecule has 1 atom stereocenters. The summed E-state index contributed by atoms with van der Waals surface area (Å²) in [5, 5.41) is 0.759. The molecule has 1 aliphatic rings. The molecule has 1 aliphatic heterocycles. The minimum Gasteiger partial charge on any atom is -0.493 e. The van der Waals surface area contributed by atoms with Crippen LogP contribution >= 0.6 is 11.6 Å². The molecule has 34 heavy (non-hydrogen) atoms. The average Bonchev–Trinajstić information content (AvgIpc) is 2.86. The van der Waals surface area contributed by atoms with Crippen molar-refractivity contribution in [1.29, 1.82) is 0 Å². The van der Waals surface area contributed by atoms with Crippen LogP contribution in [0, 0.1) is 0 Å². The summed E-state index contributed by atoms with van der Waals surface area (Å²) in [6.45, 7) is 10.2. The monoisotopic (exact) mass is 478 g/mol. The molecular formula is C28H35ClN4O. The van der Waals surface area contributed by atoms with E-state index in [4.69, 9.17) is 27.1 Å². The van der Waals surface area contributed by atoms with Crippen LogP contribution < -0.4 is 10.5 Å². The topological polar surface area (TPSA) is 63.2 Å². The SMILES string of the molecule is C=CN=C(/C=C(\CC)N=Cc1cccc(CC)c1Cl)N1CCCOc2ccccc2[C@@H](N)CC1. The van der Waals surface area contributed by atoms with Crippen molar-refractivity contribution in [1.82, 2.24) is 4.90 Å². The number of fused-ring (bicyclic) bond motifs is 1. The van der Waals surface area contributed by atoms with E-state index in [1.54, 1.807) is 6.20 Å². The molecule has 0 aromatic heterocycles. The van der Waals surface area contributed by atoms with Gasteiger partial charge < -0.3 is 15.4 Å². The Morgan fingerprint density at radius 1 is 1.21 bits per heavy atom. The highest BCUT2D eigenvalue weighted by Gasteiger charge is 2.18. The Bertz CT molecular complexity index is 1060. The Kier molecular flexibility index (Phi) is 9.92. The molecule has 2 aromatic carbocycles. The van der Waals surface area contributed by atoms with Crippen molar-refractivity contribution in [3.63, 3.8) is 0 Å². The lowest BCUT2D eigenvalue weighted by Gasteiger charge is -2.28. The van der Waals surface area contributed by atoms with E-state index in [2.05, 4.69) is 30.3 Å². The number of amidine groups is 1. The van der Waals surface area contributed by atoms with Crippen molar-refractivity contribution in [2.45, 2.75) is 45.6 Å². The number of halogens is 1. The summed E-state index contributed by atoms with van der Waals surface area (Å²) in [5.41, 5.74) is 10.5. The zero-order valence-corrected chi connectivity index (χ0v) is 21.0. The highest BCUT2D eigenvalue weighted by Crippen LogP contribution is 2.27. The number of benzene rings is 2. The van der Waals surface area contributed by atoms with Crippen LogP contribution in [0.5, 0.6) is 5.75 Å². The quantitative estimate of drug-likeness (QED) is 0.389. The summed E-state index contributed by atoms with van der Waals surface area (Å²) in [6.07, 6.45) is 8.76. The van der Waals surface area contributed by atoms with E-state index in [0.29, 0.717) is 6.61 Å². The third kappa shape index (κ3) is 6.81. The van der Waals surface area contributed by atoms with Gasteiger partial charge in [0, 0.05) is 54.4 Å². The maximum Gasteiger partial charge on any atom is 0.130 e. The third-order valence-corrected chi connectivity index (χ3v) is 6.38. The van der Waals surface area contributed by atoms with Crippen LogP contribution in [0.3, 0.4) is 0 Å². The maximum atomic E-state index is 6.55. The summed E-state index contributed by atoms with van der Waals surface area (Å²) in [5.74, 6) is 1.72. The Morgan fingerprint density at radius 3 is 2.79 bits per heavy atom. The number of hydrogen-bond donors (Lipinski definition) is 1. The number of rotatable bonds is 6. The minimum absolute atomic E-state index is 0.109. The standard InChI is InChI=1S/C28H35ClN4O/c1-4-21-11-9-12-22(28(21)29)20-32-23(5-2)19-27(31-6-3)33-16-10-18-34-26-14-8-7-13-24(26)25(30)15-17-33/h6-9,11-14,19-20,25H,3-5,10,15-18,30H2,1-2H3/b23-19+,31-27?,32-20?/t25-/m0/s1. The molecule has 0 unspecified atom stereocenters. The number of hydrogen-bond acceptors (Lipinski definition) is 4. The van der Waals surface area contributed by atoms with Crippen molar-refractivity contribution in [2.75, 3.05) is 19.7 Å². The second-order valence-corrected chi connectivity index (χ2v) is 8.59. The molecule has 0 amide bonds. The molecular weight excluding hydrogens is 444 g/mol. The summed E-state index contributed by atoms with van der Waals surface area (Å²) < 4.78 is 6.02. The number of aliphatic imine (C=N–C) groups is 2. The largest absolute Gasteiger partial charge is 0.493 e.